The fraction of sp³-hybridized carbons (Fsp3) is 1.00. The Hall–Kier alpha value is -0.255. The van der Waals surface area contributed by atoms with Crippen molar-refractivity contribution in [3.05, 3.63) is 0 Å². The number of rotatable bonds is 8. The highest BCUT2D eigenvalue weighted by atomic mass is 19.5. The molecule has 0 aromatic rings. The Kier molecular flexibility index (Phi) is 10.3. The maximum atomic E-state index is 9.75. The zero-order valence-corrected chi connectivity index (χ0v) is 13.0. The zero-order chi connectivity index (χ0) is 15.5. The summed E-state index contributed by atoms with van der Waals surface area (Å²) in [4.78, 5) is 0. The number of likely N-dealkylation sites (tertiary alicyclic amines) is 1. The van der Waals surface area contributed by atoms with Gasteiger partial charge in [-0.05, 0) is 25.7 Å². The highest BCUT2D eigenvalue weighted by molar-refractivity contribution is 6.50. The molecule has 0 spiro atoms. The summed E-state index contributed by atoms with van der Waals surface area (Å²) in [6, 6.07) is 0. The van der Waals surface area contributed by atoms with E-state index in [9.17, 15) is 17.3 Å². The van der Waals surface area contributed by atoms with Crippen molar-refractivity contribution in [2.24, 2.45) is 0 Å². The van der Waals surface area contributed by atoms with Crippen LogP contribution in [0.15, 0.2) is 0 Å². The summed E-state index contributed by atoms with van der Waals surface area (Å²) >= 11 is 0. The van der Waals surface area contributed by atoms with Crippen LogP contribution in [0.2, 0.25) is 0 Å². The van der Waals surface area contributed by atoms with E-state index in [0.717, 1.165) is 0 Å². The van der Waals surface area contributed by atoms with Gasteiger partial charge in [-0.15, -0.1) is 0 Å². The van der Waals surface area contributed by atoms with Gasteiger partial charge in [0, 0.05) is 12.8 Å². The van der Waals surface area contributed by atoms with Gasteiger partial charge in [-0.25, -0.2) is 0 Å². The van der Waals surface area contributed by atoms with Crippen LogP contribution in [0, 0.1) is 0 Å². The van der Waals surface area contributed by atoms with Crippen LogP contribution in [-0.4, -0.2) is 37.9 Å². The molecule has 0 unspecified atom stereocenters. The SMILES string of the molecule is CCCCC[N+]1(CCCCC)CCCC1.F[B-](F)(F)F. The van der Waals surface area contributed by atoms with Gasteiger partial charge >= 0.3 is 7.25 Å². The number of hydrogen-bond acceptors (Lipinski definition) is 0. The highest BCUT2D eigenvalue weighted by Gasteiger charge is 2.30. The first-order chi connectivity index (χ1) is 9.33. The molecule has 1 aliphatic rings. The van der Waals surface area contributed by atoms with E-state index < -0.39 is 7.25 Å². The van der Waals surface area contributed by atoms with Gasteiger partial charge < -0.3 is 21.7 Å². The summed E-state index contributed by atoms with van der Waals surface area (Å²) in [5.41, 5.74) is 0. The summed E-state index contributed by atoms with van der Waals surface area (Å²) in [5.74, 6) is 0. The van der Waals surface area contributed by atoms with Crippen LogP contribution in [0.5, 0.6) is 0 Å². The van der Waals surface area contributed by atoms with Crippen molar-refractivity contribution in [3.8, 4) is 0 Å². The van der Waals surface area contributed by atoms with Crippen LogP contribution in [0.25, 0.3) is 0 Å². The second kappa shape index (κ2) is 10.5. The molecule has 0 bridgehead atoms. The van der Waals surface area contributed by atoms with Crippen molar-refractivity contribution < 1.29 is 21.7 Å². The molecule has 122 valence electrons. The Morgan fingerprint density at radius 2 is 1.10 bits per heavy atom. The third-order valence-corrected chi connectivity index (χ3v) is 3.99. The molecular weight excluding hydrogens is 269 g/mol. The second-order valence-corrected chi connectivity index (χ2v) is 5.85. The Morgan fingerprint density at radius 1 is 0.750 bits per heavy atom. The van der Waals surface area contributed by atoms with Crippen molar-refractivity contribution in [1.82, 2.24) is 0 Å². The maximum absolute atomic E-state index is 9.75. The monoisotopic (exact) mass is 299 g/mol. The molecule has 1 fully saturated rings. The van der Waals surface area contributed by atoms with E-state index in [4.69, 9.17) is 0 Å². The van der Waals surface area contributed by atoms with Crippen LogP contribution in [0.3, 0.4) is 0 Å². The van der Waals surface area contributed by atoms with Crippen LogP contribution in [0.4, 0.5) is 17.3 Å². The molecule has 0 atom stereocenters. The normalized spacial score (nSPS) is 17.7. The van der Waals surface area contributed by atoms with E-state index in [1.54, 1.807) is 0 Å². The number of halogens is 4. The van der Waals surface area contributed by atoms with Gasteiger partial charge in [0.1, 0.15) is 0 Å². The summed E-state index contributed by atoms with van der Waals surface area (Å²) in [6.07, 6.45) is 11.5. The molecule has 0 aromatic carbocycles. The molecule has 20 heavy (non-hydrogen) atoms. The molecule has 0 amide bonds. The van der Waals surface area contributed by atoms with Gasteiger partial charge in [0.25, 0.3) is 0 Å². The molecule has 6 heteroatoms. The predicted molar refractivity (Wildman–Crippen MR) is 78.2 cm³/mol. The Labute approximate surface area is 121 Å². The highest BCUT2D eigenvalue weighted by Crippen LogP contribution is 2.22. The standard InChI is InChI=1S/C14H30N.BF4/c1-3-5-7-11-15(12-8-6-4-2)13-9-10-14-15;2-1(3,4)5/h3-14H2,1-2H3;/q+1;-1. The van der Waals surface area contributed by atoms with Crippen molar-refractivity contribution >= 4 is 7.25 Å². The van der Waals surface area contributed by atoms with Gasteiger partial charge in [0.15, 0.2) is 0 Å². The number of unbranched alkanes of at least 4 members (excludes halogenated alkanes) is 4. The molecule has 0 aromatic heterocycles. The molecule has 1 heterocycles. The average Bonchev–Trinajstić information content (AvgIpc) is 2.77. The van der Waals surface area contributed by atoms with E-state index in [1.807, 2.05) is 0 Å². The van der Waals surface area contributed by atoms with Crippen molar-refractivity contribution in [3.63, 3.8) is 0 Å². The van der Waals surface area contributed by atoms with Crippen LogP contribution in [-0.2, 0) is 0 Å². The molecular formula is C14H30BF4N. The summed E-state index contributed by atoms with van der Waals surface area (Å²) in [6.45, 7) is 10.5. The lowest BCUT2D eigenvalue weighted by atomic mass is 10.2. The van der Waals surface area contributed by atoms with Gasteiger partial charge in [0.05, 0.1) is 26.2 Å². The van der Waals surface area contributed by atoms with Crippen LogP contribution < -0.4 is 0 Å². The molecule has 1 saturated heterocycles. The summed E-state index contributed by atoms with van der Waals surface area (Å²) in [5, 5.41) is 0. The largest absolute Gasteiger partial charge is 0.673 e. The van der Waals surface area contributed by atoms with Crippen molar-refractivity contribution in [1.29, 1.82) is 0 Å². The molecule has 1 rings (SSSR count). The number of quaternary nitrogens is 1. The zero-order valence-electron chi connectivity index (χ0n) is 13.0. The van der Waals surface area contributed by atoms with E-state index in [0.29, 0.717) is 0 Å². The van der Waals surface area contributed by atoms with Gasteiger partial charge in [-0.3, -0.25) is 0 Å². The fourth-order valence-electron chi connectivity index (χ4n) is 2.96. The van der Waals surface area contributed by atoms with Gasteiger partial charge in [0.2, 0.25) is 0 Å². The molecule has 0 saturated carbocycles. The first-order valence-corrected chi connectivity index (χ1v) is 8.05. The lowest BCUT2D eigenvalue weighted by molar-refractivity contribution is -0.917. The van der Waals surface area contributed by atoms with E-state index in [2.05, 4.69) is 13.8 Å². The summed E-state index contributed by atoms with van der Waals surface area (Å²) in [7, 11) is -6.00. The van der Waals surface area contributed by atoms with E-state index >= 15 is 0 Å². The minimum atomic E-state index is -6.00. The molecule has 1 aliphatic heterocycles. The topological polar surface area (TPSA) is 0 Å². The first kappa shape index (κ1) is 19.7. The van der Waals surface area contributed by atoms with Crippen LogP contribution >= 0.6 is 0 Å². The van der Waals surface area contributed by atoms with Gasteiger partial charge in [-0.1, -0.05) is 26.7 Å². The molecule has 0 N–H and O–H groups in total. The first-order valence-electron chi connectivity index (χ1n) is 8.05. The average molecular weight is 299 g/mol. The quantitative estimate of drug-likeness (QED) is 0.248. The number of nitrogens with zero attached hydrogens (tertiary/aromatic N) is 1. The molecule has 1 nitrogen and oxygen atoms in total. The minimum Gasteiger partial charge on any atom is -0.418 e. The second-order valence-electron chi connectivity index (χ2n) is 5.85. The Balaban J connectivity index is 0.000000621. The smallest absolute Gasteiger partial charge is 0.418 e. The Morgan fingerprint density at radius 3 is 1.40 bits per heavy atom. The van der Waals surface area contributed by atoms with Crippen molar-refractivity contribution in [2.75, 3.05) is 26.2 Å². The fourth-order valence-corrected chi connectivity index (χ4v) is 2.96. The number of hydrogen-bond donors (Lipinski definition) is 0. The lowest BCUT2D eigenvalue weighted by Crippen LogP contribution is -2.46. The third-order valence-electron chi connectivity index (χ3n) is 3.99. The van der Waals surface area contributed by atoms with Crippen molar-refractivity contribution in [2.45, 2.75) is 65.2 Å². The van der Waals surface area contributed by atoms with E-state index in [1.165, 1.54) is 82.0 Å². The molecule has 0 radical (unpaired) electrons. The predicted octanol–water partition coefficient (Wildman–Crippen LogP) is 5.28. The summed E-state index contributed by atoms with van der Waals surface area (Å²) < 4.78 is 40.5. The Bertz CT molecular complexity index is 210. The maximum Gasteiger partial charge on any atom is 0.673 e. The lowest BCUT2D eigenvalue weighted by Gasteiger charge is -2.34. The van der Waals surface area contributed by atoms with E-state index in [-0.39, 0.29) is 0 Å². The van der Waals surface area contributed by atoms with Crippen LogP contribution in [0.1, 0.15) is 65.2 Å². The minimum absolute atomic E-state index is 1.37. The molecule has 0 aliphatic carbocycles. The third kappa shape index (κ3) is 11.6. The van der Waals surface area contributed by atoms with Gasteiger partial charge in [-0.2, -0.15) is 0 Å².